The highest BCUT2D eigenvalue weighted by atomic mass is 35.5. The standard InChI is InChI=1S/C19H24ClN3O3/c1-13-14(2)26-17(21-13)12-22-8-10-23(11-9-22)18(19(24)25-3)15-6-4-5-7-16(15)20/h4-7,18H,8-12H2,1-3H3/t18-/m0/s1. The molecule has 0 aliphatic carbocycles. The zero-order valence-electron chi connectivity index (χ0n) is 15.4. The Bertz CT molecular complexity index is 750. The number of esters is 1. The number of halogens is 1. The molecular weight excluding hydrogens is 354 g/mol. The van der Waals surface area contributed by atoms with Crippen molar-refractivity contribution in [2.75, 3.05) is 33.3 Å². The Morgan fingerprint density at radius 3 is 2.54 bits per heavy atom. The molecular formula is C19H24ClN3O3. The fourth-order valence-electron chi connectivity index (χ4n) is 3.26. The van der Waals surface area contributed by atoms with Crippen LogP contribution in [-0.4, -0.2) is 54.0 Å². The van der Waals surface area contributed by atoms with Crippen molar-refractivity contribution in [3.63, 3.8) is 0 Å². The number of methoxy groups -OCH3 is 1. The van der Waals surface area contributed by atoms with Gasteiger partial charge in [0.2, 0.25) is 5.89 Å². The molecule has 1 fully saturated rings. The zero-order chi connectivity index (χ0) is 18.7. The molecule has 1 aromatic heterocycles. The molecule has 6 nitrogen and oxygen atoms in total. The van der Waals surface area contributed by atoms with Crippen LogP contribution >= 0.6 is 11.6 Å². The Morgan fingerprint density at radius 2 is 1.96 bits per heavy atom. The largest absolute Gasteiger partial charge is 0.468 e. The van der Waals surface area contributed by atoms with E-state index in [1.54, 1.807) is 6.07 Å². The van der Waals surface area contributed by atoms with Crippen LogP contribution in [0.25, 0.3) is 0 Å². The minimum absolute atomic E-state index is 0.287. The Balaban J connectivity index is 1.68. The highest BCUT2D eigenvalue weighted by Crippen LogP contribution is 2.29. The summed E-state index contributed by atoms with van der Waals surface area (Å²) in [6, 6.07) is 6.95. The summed E-state index contributed by atoms with van der Waals surface area (Å²) in [5.41, 5.74) is 1.72. The highest BCUT2D eigenvalue weighted by Gasteiger charge is 2.32. The van der Waals surface area contributed by atoms with Crippen molar-refractivity contribution in [2.24, 2.45) is 0 Å². The van der Waals surface area contributed by atoms with Gasteiger partial charge in [-0.2, -0.15) is 0 Å². The normalized spacial score (nSPS) is 17.2. The number of carbonyl (C=O) groups excluding carboxylic acids is 1. The van der Waals surface area contributed by atoms with E-state index < -0.39 is 6.04 Å². The van der Waals surface area contributed by atoms with E-state index in [1.165, 1.54) is 7.11 Å². The van der Waals surface area contributed by atoms with Crippen molar-refractivity contribution < 1.29 is 13.9 Å². The summed E-state index contributed by atoms with van der Waals surface area (Å²) >= 11 is 6.33. The van der Waals surface area contributed by atoms with Crippen LogP contribution in [0.4, 0.5) is 0 Å². The third kappa shape index (κ3) is 4.09. The van der Waals surface area contributed by atoms with Gasteiger partial charge in [0.1, 0.15) is 11.8 Å². The molecule has 1 aliphatic heterocycles. The molecule has 140 valence electrons. The van der Waals surface area contributed by atoms with Crippen LogP contribution in [0, 0.1) is 13.8 Å². The van der Waals surface area contributed by atoms with Crippen LogP contribution in [0.15, 0.2) is 28.7 Å². The van der Waals surface area contributed by atoms with Crippen molar-refractivity contribution >= 4 is 17.6 Å². The summed E-state index contributed by atoms with van der Waals surface area (Å²) in [7, 11) is 1.41. The van der Waals surface area contributed by atoms with Crippen molar-refractivity contribution in [2.45, 2.75) is 26.4 Å². The van der Waals surface area contributed by atoms with Crippen molar-refractivity contribution in [1.82, 2.24) is 14.8 Å². The molecule has 1 aromatic carbocycles. The molecule has 26 heavy (non-hydrogen) atoms. The van der Waals surface area contributed by atoms with E-state index in [0.717, 1.165) is 49.1 Å². The number of benzene rings is 1. The van der Waals surface area contributed by atoms with Crippen LogP contribution < -0.4 is 0 Å². The number of piperazine rings is 1. The van der Waals surface area contributed by atoms with Crippen LogP contribution in [0.2, 0.25) is 5.02 Å². The monoisotopic (exact) mass is 377 g/mol. The number of hydrogen-bond donors (Lipinski definition) is 0. The first-order valence-corrected chi connectivity index (χ1v) is 9.09. The van der Waals surface area contributed by atoms with E-state index >= 15 is 0 Å². The fraction of sp³-hybridized carbons (Fsp3) is 0.474. The molecule has 0 spiro atoms. The van der Waals surface area contributed by atoms with Crippen LogP contribution in [0.1, 0.15) is 29.0 Å². The molecule has 0 radical (unpaired) electrons. The lowest BCUT2D eigenvalue weighted by Gasteiger charge is -2.38. The SMILES string of the molecule is COC(=O)[C@H](c1ccccc1Cl)N1CCN(Cc2nc(C)c(C)o2)CC1. The number of hydrogen-bond acceptors (Lipinski definition) is 6. The lowest BCUT2D eigenvalue weighted by Crippen LogP contribution is -2.49. The van der Waals surface area contributed by atoms with Gasteiger partial charge in [0.05, 0.1) is 19.3 Å². The Kier molecular flexibility index (Phi) is 5.96. The van der Waals surface area contributed by atoms with E-state index in [4.69, 9.17) is 20.8 Å². The number of aromatic nitrogens is 1. The van der Waals surface area contributed by atoms with Crippen LogP contribution in [0.3, 0.4) is 0 Å². The second-order valence-electron chi connectivity index (χ2n) is 6.51. The van der Waals surface area contributed by atoms with Gasteiger partial charge in [-0.25, -0.2) is 9.78 Å². The van der Waals surface area contributed by atoms with E-state index in [-0.39, 0.29) is 5.97 Å². The summed E-state index contributed by atoms with van der Waals surface area (Å²) in [4.78, 5) is 21.3. The predicted molar refractivity (Wildman–Crippen MR) is 99.0 cm³/mol. The highest BCUT2D eigenvalue weighted by molar-refractivity contribution is 6.31. The average Bonchev–Trinajstić information content (AvgIpc) is 2.95. The van der Waals surface area contributed by atoms with E-state index in [2.05, 4.69) is 14.8 Å². The first-order valence-electron chi connectivity index (χ1n) is 8.71. The van der Waals surface area contributed by atoms with E-state index in [1.807, 2.05) is 32.0 Å². The van der Waals surface area contributed by atoms with Crippen molar-refractivity contribution in [3.8, 4) is 0 Å². The Labute approximate surface area is 158 Å². The zero-order valence-corrected chi connectivity index (χ0v) is 16.1. The molecule has 2 heterocycles. The maximum Gasteiger partial charge on any atom is 0.327 e. The molecule has 1 aliphatic rings. The summed E-state index contributed by atoms with van der Waals surface area (Å²) in [6.45, 7) is 7.67. The summed E-state index contributed by atoms with van der Waals surface area (Å²) in [6.07, 6.45) is 0. The van der Waals surface area contributed by atoms with Crippen LogP contribution in [0.5, 0.6) is 0 Å². The van der Waals surface area contributed by atoms with Gasteiger partial charge < -0.3 is 9.15 Å². The second-order valence-corrected chi connectivity index (χ2v) is 6.92. The molecule has 2 aromatic rings. The number of ether oxygens (including phenoxy) is 1. The lowest BCUT2D eigenvalue weighted by atomic mass is 10.0. The minimum Gasteiger partial charge on any atom is -0.468 e. The minimum atomic E-state index is -0.484. The first kappa shape index (κ1) is 18.9. The predicted octanol–water partition coefficient (Wildman–Crippen LogP) is 2.98. The van der Waals surface area contributed by atoms with Gasteiger partial charge in [-0.05, 0) is 25.5 Å². The Morgan fingerprint density at radius 1 is 1.27 bits per heavy atom. The molecule has 1 saturated heterocycles. The molecule has 1 atom stereocenters. The first-order chi connectivity index (χ1) is 12.5. The molecule has 7 heteroatoms. The van der Waals surface area contributed by atoms with E-state index in [9.17, 15) is 4.79 Å². The molecule has 3 rings (SSSR count). The van der Waals surface area contributed by atoms with E-state index in [0.29, 0.717) is 11.6 Å². The summed E-state index contributed by atoms with van der Waals surface area (Å²) < 4.78 is 10.7. The smallest absolute Gasteiger partial charge is 0.327 e. The summed E-state index contributed by atoms with van der Waals surface area (Å²) in [5.74, 6) is 1.32. The van der Waals surface area contributed by atoms with Crippen molar-refractivity contribution in [3.05, 3.63) is 52.2 Å². The maximum atomic E-state index is 12.4. The number of rotatable bonds is 5. The second kappa shape index (κ2) is 8.20. The van der Waals surface area contributed by atoms with Gasteiger partial charge in [-0.3, -0.25) is 9.80 Å². The number of oxazole rings is 1. The molecule has 0 bridgehead atoms. The third-order valence-electron chi connectivity index (χ3n) is 4.83. The van der Waals surface area contributed by atoms with Gasteiger partial charge in [0.15, 0.2) is 0 Å². The number of carbonyl (C=O) groups is 1. The van der Waals surface area contributed by atoms with Gasteiger partial charge in [0, 0.05) is 31.2 Å². The lowest BCUT2D eigenvalue weighted by molar-refractivity contribution is -0.148. The van der Waals surface area contributed by atoms with Gasteiger partial charge in [0.25, 0.3) is 0 Å². The summed E-state index contributed by atoms with van der Waals surface area (Å²) in [5, 5.41) is 0.580. The Hall–Kier alpha value is -1.89. The third-order valence-corrected chi connectivity index (χ3v) is 5.17. The molecule has 0 unspecified atom stereocenters. The maximum absolute atomic E-state index is 12.4. The van der Waals surface area contributed by atoms with Gasteiger partial charge >= 0.3 is 5.97 Å². The average molecular weight is 378 g/mol. The van der Waals surface area contributed by atoms with Crippen molar-refractivity contribution in [1.29, 1.82) is 0 Å². The fourth-order valence-corrected chi connectivity index (χ4v) is 3.50. The number of nitrogens with zero attached hydrogens (tertiary/aromatic N) is 3. The molecule has 0 saturated carbocycles. The van der Waals surface area contributed by atoms with Gasteiger partial charge in [-0.15, -0.1) is 0 Å². The number of aryl methyl sites for hydroxylation is 2. The molecule has 0 amide bonds. The van der Waals surface area contributed by atoms with Gasteiger partial charge in [-0.1, -0.05) is 29.8 Å². The topological polar surface area (TPSA) is 58.8 Å². The van der Waals surface area contributed by atoms with Crippen LogP contribution in [-0.2, 0) is 16.1 Å². The molecule has 0 N–H and O–H groups in total. The quantitative estimate of drug-likeness (QED) is 0.746.